The molecule has 0 saturated carbocycles. The zero-order valence-electron chi connectivity index (χ0n) is 8.57. The third-order valence-electron chi connectivity index (χ3n) is 2.08. The summed E-state index contributed by atoms with van der Waals surface area (Å²) in [6.07, 6.45) is -4.62. The van der Waals surface area contributed by atoms with E-state index in [9.17, 15) is 18.0 Å². The first-order valence-electron chi connectivity index (χ1n) is 4.35. The van der Waals surface area contributed by atoms with Crippen molar-refractivity contribution in [2.45, 2.75) is 11.5 Å². The standard InChI is InChI=1S/C10H7BrClF3O2/c1-17-9(16)5-2-3-7(12)8(6(5)4-11)10(13,14)15/h2-3H,4H2,1H3. The van der Waals surface area contributed by atoms with Crippen molar-refractivity contribution in [3.8, 4) is 0 Å². The van der Waals surface area contributed by atoms with Crippen LogP contribution in [-0.2, 0) is 16.2 Å². The smallest absolute Gasteiger partial charge is 0.418 e. The molecular formula is C10H7BrClF3O2. The van der Waals surface area contributed by atoms with Gasteiger partial charge in [-0.1, -0.05) is 27.5 Å². The van der Waals surface area contributed by atoms with Crippen molar-refractivity contribution in [2.75, 3.05) is 7.11 Å². The summed E-state index contributed by atoms with van der Waals surface area (Å²) in [6, 6.07) is 2.24. The molecular weight excluding hydrogens is 324 g/mol. The molecule has 0 unspecified atom stereocenters. The third kappa shape index (κ3) is 2.93. The van der Waals surface area contributed by atoms with Gasteiger partial charge in [-0.3, -0.25) is 0 Å². The van der Waals surface area contributed by atoms with E-state index < -0.39 is 22.7 Å². The van der Waals surface area contributed by atoms with E-state index in [0.29, 0.717) is 0 Å². The van der Waals surface area contributed by atoms with Crippen LogP contribution in [0, 0.1) is 0 Å². The highest BCUT2D eigenvalue weighted by Gasteiger charge is 2.37. The Labute approximate surface area is 109 Å². The van der Waals surface area contributed by atoms with Gasteiger partial charge in [-0.05, 0) is 17.7 Å². The highest BCUT2D eigenvalue weighted by molar-refractivity contribution is 9.08. The number of carbonyl (C=O) groups is 1. The minimum absolute atomic E-state index is 0.146. The van der Waals surface area contributed by atoms with Crippen molar-refractivity contribution in [3.63, 3.8) is 0 Å². The molecule has 0 aliphatic carbocycles. The van der Waals surface area contributed by atoms with Gasteiger partial charge in [0, 0.05) is 5.33 Å². The molecule has 1 rings (SSSR count). The Hall–Kier alpha value is -0.750. The number of hydrogen-bond acceptors (Lipinski definition) is 2. The highest BCUT2D eigenvalue weighted by atomic mass is 79.9. The maximum absolute atomic E-state index is 12.8. The topological polar surface area (TPSA) is 26.3 Å². The van der Waals surface area contributed by atoms with Crippen LogP contribution in [-0.4, -0.2) is 13.1 Å². The summed E-state index contributed by atoms with van der Waals surface area (Å²) in [5.41, 5.74) is -1.39. The van der Waals surface area contributed by atoms with E-state index in [1.165, 1.54) is 6.07 Å². The molecule has 0 spiro atoms. The summed E-state index contributed by atoms with van der Waals surface area (Å²) in [7, 11) is 1.10. The normalized spacial score (nSPS) is 11.4. The fourth-order valence-electron chi connectivity index (χ4n) is 1.37. The number of carbonyl (C=O) groups excluding carboxylic acids is 1. The molecule has 0 bridgehead atoms. The molecule has 0 atom stereocenters. The Kier molecular flexibility index (Phi) is 4.43. The molecule has 0 aliphatic heterocycles. The van der Waals surface area contributed by atoms with Crippen LogP contribution in [0.25, 0.3) is 0 Å². The molecule has 1 aromatic carbocycles. The first kappa shape index (κ1) is 14.3. The van der Waals surface area contributed by atoms with Gasteiger partial charge in [0.25, 0.3) is 0 Å². The van der Waals surface area contributed by atoms with Crippen LogP contribution in [0.2, 0.25) is 5.02 Å². The van der Waals surface area contributed by atoms with E-state index in [1.54, 1.807) is 0 Å². The van der Waals surface area contributed by atoms with Crippen molar-refractivity contribution < 1.29 is 22.7 Å². The van der Waals surface area contributed by atoms with E-state index in [2.05, 4.69) is 20.7 Å². The minimum Gasteiger partial charge on any atom is -0.465 e. The van der Waals surface area contributed by atoms with Gasteiger partial charge in [-0.2, -0.15) is 13.2 Å². The Morgan fingerprint density at radius 2 is 2.06 bits per heavy atom. The van der Waals surface area contributed by atoms with Gasteiger partial charge in [0.2, 0.25) is 0 Å². The highest BCUT2D eigenvalue weighted by Crippen LogP contribution is 2.39. The van der Waals surface area contributed by atoms with E-state index in [1.807, 2.05) is 0 Å². The molecule has 0 amide bonds. The van der Waals surface area contributed by atoms with Crippen molar-refractivity contribution in [2.24, 2.45) is 0 Å². The molecule has 7 heteroatoms. The van der Waals surface area contributed by atoms with E-state index in [-0.39, 0.29) is 16.5 Å². The lowest BCUT2D eigenvalue weighted by Crippen LogP contribution is -2.14. The summed E-state index contributed by atoms with van der Waals surface area (Å²) >= 11 is 8.44. The number of ether oxygens (including phenoxy) is 1. The summed E-state index contributed by atoms with van der Waals surface area (Å²) in [4.78, 5) is 11.3. The second kappa shape index (κ2) is 5.27. The second-order valence-corrected chi connectivity index (χ2v) is 4.04. The lowest BCUT2D eigenvalue weighted by molar-refractivity contribution is -0.138. The fourth-order valence-corrected chi connectivity index (χ4v) is 2.23. The summed E-state index contributed by atoms with van der Waals surface area (Å²) < 4.78 is 42.8. The van der Waals surface area contributed by atoms with Crippen molar-refractivity contribution in [1.29, 1.82) is 0 Å². The van der Waals surface area contributed by atoms with E-state index >= 15 is 0 Å². The summed E-state index contributed by atoms with van der Waals surface area (Å²) in [5.74, 6) is -0.832. The minimum atomic E-state index is -4.62. The first-order valence-corrected chi connectivity index (χ1v) is 5.85. The largest absolute Gasteiger partial charge is 0.465 e. The van der Waals surface area contributed by atoms with Crippen LogP contribution in [0.3, 0.4) is 0 Å². The molecule has 94 valence electrons. The average Bonchev–Trinajstić information content (AvgIpc) is 2.25. The number of alkyl halides is 4. The van der Waals surface area contributed by atoms with E-state index in [0.717, 1.165) is 13.2 Å². The fraction of sp³-hybridized carbons (Fsp3) is 0.300. The number of methoxy groups -OCH3 is 1. The number of esters is 1. The number of hydrogen-bond donors (Lipinski definition) is 0. The van der Waals surface area contributed by atoms with Crippen molar-refractivity contribution in [3.05, 3.63) is 33.8 Å². The number of halogens is 5. The molecule has 0 fully saturated rings. The molecule has 0 N–H and O–H groups in total. The van der Waals surface area contributed by atoms with Crippen LogP contribution in [0.4, 0.5) is 13.2 Å². The van der Waals surface area contributed by atoms with Crippen LogP contribution >= 0.6 is 27.5 Å². The Morgan fingerprint density at radius 3 is 2.47 bits per heavy atom. The van der Waals surface area contributed by atoms with Gasteiger partial charge in [0.05, 0.1) is 23.3 Å². The van der Waals surface area contributed by atoms with Gasteiger partial charge in [-0.15, -0.1) is 0 Å². The maximum atomic E-state index is 12.8. The number of benzene rings is 1. The van der Waals surface area contributed by atoms with Crippen LogP contribution in [0.5, 0.6) is 0 Å². The van der Waals surface area contributed by atoms with Crippen molar-refractivity contribution in [1.82, 2.24) is 0 Å². The lowest BCUT2D eigenvalue weighted by Gasteiger charge is -2.15. The Bertz CT molecular complexity index is 446. The quantitative estimate of drug-likeness (QED) is 0.604. The van der Waals surface area contributed by atoms with Gasteiger partial charge < -0.3 is 4.74 Å². The average molecular weight is 332 g/mol. The molecule has 1 aromatic rings. The Balaban J connectivity index is 3.53. The predicted molar refractivity (Wildman–Crippen MR) is 60.4 cm³/mol. The van der Waals surface area contributed by atoms with Crippen LogP contribution in [0.15, 0.2) is 12.1 Å². The van der Waals surface area contributed by atoms with E-state index in [4.69, 9.17) is 11.6 Å². The maximum Gasteiger partial charge on any atom is 0.418 e. The van der Waals surface area contributed by atoms with Crippen molar-refractivity contribution >= 4 is 33.5 Å². The number of rotatable bonds is 2. The molecule has 0 radical (unpaired) electrons. The zero-order chi connectivity index (χ0) is 13.2. The molecule has 0 aromatic heterocycles. The molecule has 0 saturated heterocycles. The van der Waals surface area contributed by atoms with Gasteiger partial charge >= 0.3 is 12.1 Å². The lowest BCUT2D eigenvalue weighted by atomic mass is 10.0. The first-order chi connectivity index (χ1) is 7.82. The molecule has 0 aliphatic rings. The molecule has 0 heterocycles. The van der Waals surface area contributed by atoms with Crippen LogP contribution < -0.4 is 0 Å². The second-order valence-electron chi connectivity index (χ2n) is 3.07. The zero-order valence-corrected chi connectivity index (χ0v) is 10.9. The molecule has 17 heavy (non-hydrogen) atoms. The Morgan fingerprint density at radius 1 is 1.47 bits per heavy atom. The van der Waals surface area contributed by atoms with Gasteiger partial charge in [0.1, 0.15) is 0 Å². The third-order valence-corrected chi connectivity index (χ3v) is 2.96. The monoisotopic (exact) mass is 330 g/mol. The van der Waals surface area contributed by atoms with Gasteiger partial charge in [-0.25, -0.2) is 4.79 Å². The SMILES string of the molecule is COC(=O)c1ccc(Cl)c(C(F)(F)F)c1CBr. The van der Waals surface area contributed by atoms with Gasteiger partial charge in [0.15, 0.2) is 0 Å². The predicted octanol–water partition coefficient (Wildman–Crippen LogP) is 4.04. The van der Waals surface area contributed by atoms with Crippen LogP contribution in [0.1, 0.15) is 21.5 Å². The summed E-state index contributed by atoms with van der Waals surface area (Å²) in [6.45, 7) is 0. The summed E-state index contributed by atoms with van der Waals surface area (Å²) in [5, 5.41) is -0.591. The molecule has 2 nitrogen and oxygen atoms in total.